The van der Waals surface area contributed by atoms with Crippen LogP contribution >= 0.6 is 0 Å². The number of rotatable bonds is 4. The van der Waals surface area contributed by atoms with Gasteiger partial charge in [-0.3, -0.25) is 9.69 Å². The molecular weight excluding hydrogens is 318 g/mol. The summed E-state index contributed by atoms with van der Waals surface area (Å²) >= 11 is 0. The van der Waals surface area contributed by atoms with Crippen LogP contribution in [0.1, 0.15) is 25.1 Å². The van der Waals surface area contributed by atoms with Crippen molar-refractivity contribution in [3.63, 3.8) is 0 Å². The molecule has 134 valence electrons. The van der Waals surface area contributed by atoms with Crippen molar-refractivity contribution >= 4 is 10.9 Å². The van der Waals surface area contributed by atoms with E-state index in [1.54, 1.807) is 6.07 Å². The lowest BCUT2D eigenvalue weighted by atomic mass is 9.94. The normalized spacial score (nSPS) is 27.8. The highest BCUT2D eigenvalue weighted by Gasteiger charge is 2.37. The number of para-hydroxylation sites is 1. The van der Waals surface area contributed by atoms with E-state index < -0.39 is 0 Å². The van der Waals surface area contributed by atoms with Gasteiger partial charge in [0.05, 0.1) is 30.2 Å². The van der Waals surface area contributed by atoms with E-state index in [1.807, 2.05) is 18.2 Å². The minimum Gasteiger partial charge on any atom is -0.393 e. The topological polar surface area (TPSA) is 78.5 Å². The molecule has 0 bridgehead atoms. The Kier molecular flexibility index (Phi) is 4.83. The summed E-state index contributed by atoms with van der Waals surface area (Å²) in [4.78, 5) is 22.1. The monoisotopic (exact) mass is 343 g/mol. The van der Waals surface area contributed by atoms with Crippen LogP contribution in [0, 0.1) is 5.92 Å². The molecule has 0 radical (unpaired) electrons. The van der Waals surface area contributed by atoms with Crippen molar-refractivity contribution in [2.24, 2.45) is 5.92 Å². The predicted octanol–water partition coefficient (Wildman–Crippen LogP) is 1.33. The highest BCUT2D eigenvalue weighted by atomic mass is 16.5. The number of nitrogens with one attached hydrogen (secondary N) is 1. The van der Waals surface area contributed by atoms with Crippen molar-refractivity contribution in [3.05, 3.63) is 40.4 Å². The van der Waals surface area contributed by atoms with E-state index >= 15 is 0 Å². The summed E-state index contributed by atoms with van der Waals surface area (Å²) < 4.78 is 5.68. The van der Waals surface area contributed by atoms with E-state index in [0.29, 0.717) is 24.3 Å². The number of aromatic amines is 1. The van der Waals surface area contributed by atoms with E-state index in [9.17, 15) is 9.90 Å². The van der Waals surface area contributed by atoms with E-state index in [4.69, 9.17) is 4.74 Å². The van der Waals surface area contributed by atoms with Crippen molar-refractivity contribution in [3.8, 4) is 0 Å². The number of morpholine rings is 1. The second kappa shape index (κ2) is 7.23. The minimum absolute atomic E-state index is 0.0784. The van der Waals surface area contributed by atoms with Crippen molar-refractivity contribution < 1.29 is 9.84 Å². The Morgan fingerprint density at radius 3 is 3.04 bits per heavy atom. The molecule has 0 unspecified atom stereocenters. The molecule has 2 fully saturated rings. The SMILES string of the molecule is O=c1[nH]c(CCN2CCOC[C@@H]2[C@@H]2CCC[C@@H]2O)nc2ccccc12. The molecule has 2 heterocycles. The van der Waals surface area contributed by atoms with Crippen LogP contribution in [-0.2, 0) is 11.2 Å². The number of aliphatic hydroxyl groups is 1. The molecule has 1 saturated heterocycles. The fourth-order valence-corrected chi connectivity index (χ4v) is 4.25. The average molecular weight is 343 g/mol. The summed E-state index contributed by atoms with van der Waals surface area (Å²) in [6.07, 6.45) is 3.54. The lowest BCUT2D eigenvalue weighted by molar-refractivity contribution is -0.0495. The molecule has 1 aromatic carbocycles. The number of nitrogens with zero attached hydrogens (tertiary/aromatic N) is 2. The first-order chi connectivity index (χ1) is 12.2. The number of H-pyrrole nitrogens is 1. The largest absolute Gasteiger partial charge is 0.393 e. The Morgan fingerprint density at radius 2 is 2.20 bits per heavy atom. The Bertz CT molecular complexity index is 791. The third-order valence-corrected chi connectivity index (χ3v) is 5.60. The molecule has 2 aliphatic rings. The maximum atomic E-state index is 12.2. The third kappa shape index (κ3) is 3.47. The van der Waals surface area contributed by atoms with Crippen molar-refractivity contribution in [2.45, 2.75) is 37.8 Å². The molecule has 2 aromatic rings. The Balaban J connectivity index is 1.48. The summed E-state index contributed by atoms with van der Waals surface area (Å²) in [5.41, 5.74) is 0.663. The molecule has 0 amide bonds. The van der Waals surface area contributed by atoms with Crippen LogP contribution in [0.2, 0.25) is 0 Å². The van der Waals surface area contributed by atoms with E-state index in [2.05, 4.69) is 14.9 Å². The zero-order chi connectivity index (χ0) is 17.2. The second-order valence-electron chi connectivity index (χ2n) is 7.12. The van der Waals surface area contributed by atoms with Gasteiger partial charge in [-0.25, -0.2) is 4.98 Å². The van der Waals surface area contributed by atoms with Crippen LogP contribution in [0.25, 0.3) is 10.9 Å². The number of benzene rings is 1. The lowest BCUT2D eigenvalue weighted by Crippen LogP contribution is -2.51. The quantitative estimate of drug-likeness (QED) is 0.876. The zero-order valence-electron chi connectivity index (χ0n) is 14.4. The van der Waals surface area contributed by atoms with E-state index in [0.717, 1.165) is 50.3 Å². The molecule has 3 atom stereocenters. The second-order valence-corrected chi connectivity index (χ2v) is 7.12. The molecule has 1 aliphatic heterocycles. The minimum atomic E-state index is -0.215. The van der Waals surface area contributed by atoms with Gasteiger partial charge in [-0.2, -0.15) is 0 Å². The smallest absolute Gasteiger partial charge is 0.258 e. The standard InChI is InChI=1S/C19H25N3O3/c23-17-7-3-5-14(17)16-12-25-11-10-22(16)9-8-18-20-15-6-2-1-4-13(15)19(24)21-18/h1-2,4,6,14,16-17,23H,3,5,7-12H2,(H,20,21,24)/t14-,16+,17-/m0/s1. The van der Waals surface area contributed by atoms with Crippen molar-refractivity contribution in [2.75, 3.05) is 26.3 Å². The Morgan fingerprint density at radius 1 is 1.32 bits per heavy atom. The lowest BCUT2D eigenvalue weighted by Gasteiger charge is -2.40. The number of hydrogen-bond acceptors (Lipinski definition) is 5. The first kappa shape index (κ1) is 16.7. The number of ether oxygens (including phenoxy) is 1. The summed E-state index contributed by atoms with van der Waals surface area (Å²) in [6, 6.07) is 7.69. The maximum Gasteiger partial charge on any atom is 0.258 e. The van der Waals surface area contributed by atoms with Crippen molar-refractivity contribution in [1.29, 1.82) is 0 Å². The van der Waals surface area contributed by atoms with E-state index in [1.165, 1.54) is 0 Å². The molecule has 25 heavy (non-hydrogen) atoms. The Labute approximate surface area is 146 Å². The highest BCUT2D eigenvalue weighted by molar-refractivity contribution is 5.77. The summed E-state index contributed by atoms with van der Waals surface area (Å²) in [5.74, 6) is 1.02. The zero-order valence-corrected chi connectivity index (χ0v) is 14.4. The predicted molar refractivity (Wildman–Crippen MR) is 95.6 cm³/mol. The van der Waals surface area contributed by atoms with Crippen LogP contribution in [-0.4, -0.2) is 58.4 Å². The van der Waals surface area contributed by atoms with Crippen LogP contribution in [0.5, 0.6) is 0 Å². The number of aromatic nitrogens is 2. The van der Waals surface area contributed by atoms with Gasteiger partial charge < -0.3 is 14.8 Å². The fourth-order valence-electron chi connectivity index (χ4n) is 4.25. The molecule has 2 N–H and O–H groups in total. The third-order valence-electron chi connectivity index (χ3n) is 5.60. The summed E-state index contributed by atoms with van der Waals surface area (Å²) in [6.45, 7) is 3.09. The van der Waals surface area contributed by atoms with Crippen LogP contribution in [0.15, 0.2) is 29.1 Å². The number of aliphatic hydroxyl groups excluding tert-OH is 1. The average Bonchev–Trinajstić information content (AvgIpc) is 3.06. The Hall–Kier alpha value is -1.76. The molecule has 6 nitrogen and oxygen atoms in total. The van der Waals surface area contributed by atoms with E-state index in [-0.39, 0.29) is 17.7 Å². The van der Waals surface area contributed by atoms with Crippen LogP contribution < -0.4 is 5.56 Å². The molecule has 1 aliphatic carbocycles. The molecular formula is C19H25N3O3. The van der Waals surface area contributed by atoms with Gasteiger partial charge >= 0.3 is 0 Å². The number of hydrogen-bond donors (Lipinski definition) is 2. The van der Waals surface area contributed by atoms with Gasteiger partial charge in [0, 0.05) is 31.5 Å². The van der Waals surface area contributed by atoms with Gasteiger partial charge in [-0.1, -0.05) is 18.6 Å². The van der Waals surface area contributed by atoms with Gasteiger partial charge in [0.15, 0.2) is 0 Å². The van der Waals surface area contributed by atoms with Gasteiger partial charge in [0.2, 0.25) is 0 Å². The van der Waals surface area contributed by atoms with Gasteiger partial charge in [0.25, 0.3) is 5.56 Å². The molecule has 0 spiro atoms. The fraction of sp³-hybridized carbons (Fsp3) is 0.579. The molecule has 4 rings (SSSR count). The summed E-state index contributed by atoms with van der Waals surface area (Å²) in [5, 5.41) is 10.9. The van der Waals surface area contributed by atoms with Crippen LogP contribution in [0.4, 0.5) is 0 Å². The molecule has 1 saturated carbocycles. The van der Waals surface area contributed by atoms with Crippen LogP contribution in [0.3, 0.4) is 0 Å². The molecule has 1 aromatic heterocycles. The van der Waals surface area contributed by atoms with Gasteiger partial charge in [0.1, 0.15) is 5.82 Å². The highest BCUT2D eigenvalue weighted by Crippen LogP contribution is 2.32. The van der Waals surface area contributed by atoms with Gasteiger partial charge in [-0.15, -0.1) is 0 Å². The van der Waals surface area contributed by atoms with Gasteiger partial charge in [-0.05, 0) is 25.0 Å². The maximum absolute atomic E-state index is 12.2. The first-order valence-electron chi connectivity index (χ1n) is 9.20. The number of fused-ring (bicyclic) bond motifs is 1. The first-order valence-corrected chi connectivity index (χ1v) is 9.20. The molecule has 6 heteroatoms. The van der Waals surface area contributed by atoms with Crippen molar-refractivity contribution in [1.82, 2.24) is 14.9 Å². The summed E-state index contributed by atoms with van der Waals surface area (Å²) in [7, 11) is 0.